The van der Waals surface area contributed by atoms with Gasteiger partial charge in [0.25, 0.3) is 0 Å². The van der Waals surface area contributed by atoms with E-state index in [1.165, 1.54) is 12.8 Å². The van der Waals surface area contributed by atoms with E-state index >= 15 is 0 Å². The average molecular weight is 179 g/mol. The van der Waals surface area contributed by atoms with E-state index in [0.717, 1.165) is 18.1 Å². The van der Waals surface area contributed by atoms with Crippen molar-refractivity contribution in [3.8, 4) is 0 Å². The van der Waals surface area contributed by atoms with Gasteiger partial charge in [-0.05, 0) is 12.5 Å². The third-order valence-corrected chi connectivity index (χ3v) is 2.01. The van der Waals surface area contributed by atoms with Gasteiger partial charge in [0.1, 0.15) is 5.82 Å². The molecule has 0 aliphatic heterocycles. The number of nitrogens with two attached hydrogens (primary N) is 1. The van der Waals surface area contributed by atoms with Crippen LogP contribution in [0.5, 0.6) is 0 Å². The minimum absolute atomic E-state index is 0.772. The van der Waals surface area contributed by atoms with Crippen molar-refractivity contribution in [3.63, 3.8) is 0 Å². The van der Waals surface area contributed by atoms with Crippen LogP contribution in [-0.4, -0.2) is 18.6 Å². The van der Waals surface area contributed by atoms with Gasteiger partial charge in [-0.1, -0.05) is 13.3 Å². The maximum absolute atomic E-state index is 5.66. The van der Waals surface area contributed by atoms with Crippen LogP contribution >= 0.6 is 0 Å². The second-order valence-corrected chi connectivity index (χ2v) is 3.22. The highest BCUT2D eigenvalue weighted by Crippen LogP contribution is 2.12. The van der Waals surface area contributed by atoms with Crippen molar-refractivity contribution < 1.29 is 0 Å². The fourth-order valence-electron chi connectivity index (χ4n) is 1.15. The lowest BCUT2D eigenvalue weighted by Crippen LogP contribution is -2.19. The molecule has 1 aromatic heterocycles. The van der Waals surface area contributed by atoms with Crippen LogP contribution in [0.15, 0.2) is 18.3 Å². The van der Waals surface area contributed by atoms with Crippen molar-refractivity contribution in [2.45, 2.75) is 19.8 Å². The smallest absolute Gasteiger partial charge is 0.130 e. The van der Waals surface area contributed by atoms with E-state index < -0.39 is 0 Å². The number of nitrogen functional groups attached to an aromatic ring is 1. The molecular weight excluding hydrogens is 162 g/mol. The summed E-state index contributed by atoms with van der Waals surface area (Å²) in [7, 11) is 2.04. The zero-order valence-corrected chi connectivity index (χ0v) is 8.33. The van der Waals surface area contributed by atoms with Gasteiger partial charge in [-0.15, -0.1) is 0 Å². The van der Waals surface area contributed by atoms with Crippen molar-refractivity contribution in [1.29, 1.82) is 0 Å². The summed E-state index contributed by atoms with van der Waals surface area (Å²) in [5.41, 5.74) is 6.43. The molecule has 72 valence electrons. The van der Waals surface area contributed by atoms with Crippen LogP contribution in [0.1, 0.15) is 19.8 Å². The van der Waals surface area contributed by atoms with E-state index in [1.807, 2.05) is 13.1 Å². The first-order valence-electron chi connectivity index (χ1n) is 4.66. The Morgan fingerprint density at radius 1 is 1.54 bits per heavy atom. The minimum Gasteiger partial charge on any atom is -0.399 e. The number of pyridine rings is 1. The largest absolute Gasteiger partial charge is 0.399 e. The number of aromatic nitrogens is 1. The normalized spacial score (nSPS) is 10.0. The van der Waals surface area contributed by atoms with E-state index in [1.54, 1.807) is 12.3 Å². The molecule has 0 aliphatic carbocycles. The first-order chi connectivity index (χ1) is 6.24. The standard InChI is InChI=1S/C10H17N3/c1-3-4-7-13(2)10-8-9(11)5-6-12-10/h5-6,8H,3-4,7H2,1-2H3,(H2,11,12). The molecule has 1 heterocycles. The van der Waals surface area contributed by atoms with Crippen molar-refractivity contribution in [1.82, 2.24) is 4.98 Å². The van der Waals surface area contributed by atoms with Gasteiger partial charge in [0, 0.05) is 31.5 Å². The van der Waals surface area contributed by atoms with Crippen LogP contribution in [0, 0.1) is 0 Å². The number of unbranched alkanes of at least 4 members (excludes halogenated alkanes) is 1. The van der Waals surface area contributed by atoms with Crippen LogP contribution < -0.4 is 10.6 Å². The topological polar surface area (TPSA) is 42.1 Å². The quantitative estimate of drug-likeness (QED) is 0.767. The summed E-state index contributed by atoms with van der Waals surface area (Å²) in [6, 6.07) is 3.70. The van der Waals surface area contributed by atoms with Gasteiger partial charge < -0.3 is 10.6 Å². The fourth-order valence-corrected chi connectivity index (χ4v) is 1.15. The Bertz CT molecular complexity index is 260. The highest BCUT2D eigenvalue weighted by molar-refractivity contribution is 5.49. The third-order valence-electron chi connectivity index (χ3n) is 2.01. The Hall–Kier alpha value is -1.25. The molecule has 13 heavy (non-hydrogen) atoms. The van der Waals surface area contributed by atoms with Gasteiger partial charge in [0.15, 0.2) is 0 Å². The summed E-state index contributed by atoms with van der Waals surface area (Å²) in [6.45, 7) is 3.22. The van der Waals surface area contributed by atoms with Crippen LogP contribution in [0.25, 0.3) is 0 Å². The first-order valence-corrected chi connectivity index (χ1v) is 4.66. The lowest BCUT2D eigenvalue weighted by molar-refractivity contribution is 0.760. The summed E-state index contributed by atoms with van der Waals surface area (Å²) < 4.78 is 0. The number of hydrogen-bond donors (Lipinski definition) is 1. The molecule has 0 fully saturated rings. The molecular formula is C10H17N3. The van der Waals surface area contributed by atoms with E-state index in [9.17, 15) is 0 Å². The molecule has 0 amide bonds. The number of nitrogens with zero attached hydrogens (tertiary/aromatic N) is 2. The Kier molecular flexibility index (Phi) is 3.55. The van der Waals surface area contributed by atoms with Gasteiger partial charge in [0.05, 0.1) is 0 Å². The zero-order chi connectivity index (χ0) is 9.68. The second-order valence-electron chi connectivity index (χ2n) is 3.22. The average Bonchev–Trinajstić information content (AvgIpc) is 2.14. The van der Waals surface area contributed by atoms with E-state index in [2.05, 4.69) is 16.8 Å². The molecule has 0 bridgehead atoms. The number of rotatable bonds is 4. The molecule has 1 rings (SSSR count). The third kappa shape index (κ3) is 2.93. The molecule has 0 saturated heterocycles. The van der Waals surface area contributed by atoms with Crippen molar-refractivity contribution in [3.05, 3.63) is 18.3 Å². The monoisotopic (exact) mass is 179 g/mol. The van der Waals surface area contributed by atoms with Gasteiger partial charge in [0.2, 0.25) is 0 Å². The maximum atomic E-state index is 5.66. The van der Waals surface area contributed by atoms with E-state index in [0.29, 0.717) is 0 Å². The molecule has 0 aromatic carbocycles. The molecule has 0 spiro atoms. The molecule has 2 N–H and O–H groups in total. The number of anilines is 2. The van der Waals surface area contributed by atoms with Gasteiger partial charge >= 0.3 is 0 Å². The van der Waals surface area contributed by atoms with Crippen molar-refractivity contribution in [2.75, 3.05) is 24.2 Å². The van der Waals surface area contributed by atoms with Crippen LogP contribution in [-0.2, 0) is 0 Å². The molecule has 0 aliphatic rings. The Labute approximate surface area is 79.6 Å². The van der Waals surface area contributed by atoms with Gasteiger partial charge in [-0.2, -0.15) is 0 Å². The molecule has 3 heteroatoms. The predicted octanol–water partition coefficient (Wildman–Crippen LogP) is 1.90. The minimum atomic E-state index is 0.772. The highest BCUT2D eigenvalue weighted by atomic mass is 15.2. The van der Waals surface area contributed by atoms with Crippen molar-refractivity contribution >= 4 is 11.5 Å². The molecule has 3 nitrogen and oxygen atoms in total. The highest BCUT2D eigenvalue weighted by Gasteiger charge is 2.00. The van der Waals surface area contributed by atoms with Crippen LogP contribution in [0.2, 0.25) is 0 Å². The summed E-state index contributed by atoms with van der Waals surface area (Å²) >= 11 is 0. The number of hydrogen-bond acceptors (Lipinski definition) is 3. The fraction of sp³-hybridized carbons (Fsp3) is 0.500. The lowest BCUT2D eigenvalue weighted by atomic mass is 10.3. The zero-order valence-electron chi connectivity index (χ0n) is 8.33. The van der Waals surface area contributed by atoms with E-state index in [-0.39, 0.29) is 0 Å². The predicted molar refractivity (Wildman–Crippen MR) is 56.8 cm³/mol. The Balaban J connectivity index is 2.60. The second kappa shape index (κ2) is 4.70. The van der Waals surface area contributed by atoms with Crippen molar-refractivity contribution in [2.24, 2.45) is 0 Å². The summed E-state index contributed by atoms with van der Waals surface area (Å²) in [5.74, 6) is 0.952. The van der Waals surface area contributed by atoms with Crippen LogP contribution in [0.4, 0.5) is 11.5 Å². The molecule has 0 saturated carbocycles. The lowest BCUT2D eigenvalue weighted by Gasteiger charge is -2.17. The summed E-state index contributed by atoms with van der Waals surface area (Å²) in [4.78, 5) is 6.36. The molecule has 0 atom stereocenters. The Morgan fingerprint density at radius 3 is 2.92 bits per heavy atom. The molecule has 0 unspecified atom stereocenters. The Morgan fingerprint density at radius 2 is 2.31 bits per heavy atom. The maximum Gasteiger partial charge on any atom is 0.130 e. The van der Waals surface area contributed by atoms with Gasteiger partial charge in [-0.3, -0.25) is 0 Å². The molecule has 0 radical (unpaired) electrons. The van der Waals surface area contributed by atoms with Gasteiger partial charge in [-0.25, -0.2) is 4.98 Å². The summed E-state index contributed by atoms with van der Waals surface area (Å²) in [6.07, 6.45) is 4.13. The van der Waals surface area contributed by atoms with E-state index in [4.69, 9.17) is 5.73 Å². The molecule has 1 aromatic rings. The van der Waals surface area contributed by atoms with Crippen LogP contribution in [0.3, 0.4) is 0 Å². The summed E-state index contributed by atoms with van der Waals surface area (Å²) in [5, 5.41) is 0. The first kappa shape index (κ1) is 9.84. The SMILES string of the molecule is CCCCN(C)c1cc(N)ccn1.